The van der Waals surface area contributed by atoms with Gasteiger partial charge in [0.25, 0.3) is 5.91 Å². The number of halogens is 2. The third-order valence-electron chi connectivity index (χ3n) is 1.62. The number of benzene rings is 1. The van der Waals surface area contributed by atoms with Crippen molar-refractivity contribution in [1.82, 2.24) is 5.43 Å². The van der Waals surface area contributed by atoms with E-state index in [0.717, 1.165) is 6.42 Å². The molecule has 0 spiro atoms. The van der Waals surface area contributed by atoms with Gasteiger partial charge in [-0.3, -0.25) is 4.79 Å². The molecule has 15 heavy (non-hydrogen) atoms. The maximum absolute atomic E-state index is 11.5. The monoisotopic (exact) mass is 244 g/mol. The van der Waals surface area contributed by atoms with Gasteiger partial charge in [-0.05, 0) is 24.6 Å². The minimum Gasteiger partial charge on any atom is -0.267 e. The summed E-state index contributed by atoms with van der Waals surface area (Å²) in [6.45, 7) is 1.92. The van der Waals surface area contributed by atoms with E-state index in [0.29, 0.717) is 15.6 Å². The van der Waals surface area contributed by atoms with Crippen molar-refractivity contribution in [3.05, 3.63) is 33.8 Å². The Bertz CT molecular complexity index is 391. The van der Waals surface area contributed by atoms with E-state index in [1.165, 1.54) is 6.07 Å². The first-order chi connectivity index (χ1) is 7.15. The number of nitrogens with one attached hydrogen (secondary N) is 1. The van der Waals surface area contributed by atoms with E-state index in [1.807, 2.05) is 6.92 Å². The van der Waals surface area contributed by atoms with Crippen LogP contribution in [0.1, 0.15) is 23.7 Å². The predicted molar refractivity (Wildman–Crippen MR) is 62.7 cm³/mol. The summed E-state index contributed by atoms with van der Waals surface area (Å²) in [7, 11) is 0. The molecular weight excluding hydrogens is 235 g/mol. The Hall–Kier alpha value is -1.06. The molecule has 1 amide bonds. The van der Waals surface area contributed by atoms with E-state index in [-0.39, 0.29) is 5.91 Å². The first-order valence-electron chi connectivity index (χ1n) is 4.42. The molecule has 0 aromatic heterocycles. The zero-order valence-electron chi connectivity index (χ0n) is 8.13. The van der Waals surface area contributed by atoms with Crippen molar-refractivity contribution in [3.63, 3.8) is 0 Å². The number of rotatable bonds is 3. The van der Waals surface area contributed by atoms with E-state index in [1.54, 1.807) is 18.3 Å². The van der Waals surface area contributed by atoms with Crippen LogP contribution in [0.3, 0.4) is 0 Å². The second kappa shape index (κ2) is 5.73. The minimum absolute atomic E-state index is 0.312. The fraction of sp³-hybridized carbons (Fsp3) is 0.200. The Kier molecular flexibility index (Phi) is 4.59. The molecule has 0 saturated carbocycles. The van der Waals surface area contributed by atoms with E-state index < -0.39 is 0 Å². The van der Waals surface area contributed by atoms with E-state index in [2.05, 4.69) is 10.5 Å². The van der Waals surface area contributed by atoms with Crippen molar-refractivity contribution in [2.75, 3.05) is 0 Å². The van der Waals surface area contributed by atoms with Crippen molar-refractivity contribution in [3.8, 4) is 0 Å². The van der Waals surface area contributed by atoms with Gasteiger partial charge in [-0.1, -0.05) is 30.1 Å². The van der Waals surface area contributed by atoms with Gasteiger partial charge in [0.1, 0.15) is 0 Å². The molecule has 5 heteroatoms. The largest absolute Gasteiger partial charge is 0.272 e. The maximum atomic E-state index is 11.5. The van der Waals surface area contributed by atoms with Gasteiger partial charge in [-0.25, -0.2) is 5.43 Å². The van der Waals surface area contributed by atoms with Crippen molar-refractivity contribution in [2.24, 2.45) is 5.10 Å². The second-order valence-electron chi connectivity index (χ2n) is 2.79. The Morgan fingerprint density at radius 3 is 2.87 bits per heavy atom. The standard InChI is InChI=1S/C10H10Cl2N2O/c1-2-5-13-14-10(15)8-4-3-7(11)6-9(8)12/h3-6H,2H2,1H3,(H,14,15). The lowest BCUT2D eigenvalue weighted by atomic mass is 10.2. The van der Waals surface area contributed by atoms with Gasteiger partial charge < -0.3 is 0 Å². The highest BCUT2D eigenvalue weighted by Gasteiger charge is 2.09. The molecule has 0 unspecified atom stereocenters. The number of carbonyl (C=O) groups excluding carboxylic acids is 1. The molecule has 0 aliphatic carbocycles. The van der Waals surface area contributed by atoms with E-state index in [9.17, 15) is 4.79 Å². The molecule has 0 bridgehead atoms. The molecule has 0 atom stereocenters. The van der Waals surface area contributed by atoms with Crippen LogP contribution in [0.2, 0.25) is 10.0 Å². The number of amides is 1. The van der Waals surface area contributed by atoms with Crippen LogP contribution in [0, 0.1) is 0 Å². The van der Waals surface area contributed by atoms with Crippen LogP contribution >= 0.6 is 23.2 Å². The van der Waals surface area contributed by atoms with Crippen molar-refractivity contribution >= 4 is 35.3 Å². The van der Waals surface area contributed by atoms with Gasteiger partial charge in [-0.15, -0.1) is 0 Å². The summed E-state index contributed by atoms with van der Waals surface area (Å²) in [6, 6.07) is 4.68. The number of hydrogen-bond acceptors (Lipinski definition) is 2. The van der Waals surface area contributed by atoms with Crippen LogP contribution < -0.4 is 5.43 Å². The predicted octanol–water partition coefficient (Wildman–Crippen LogP) is 3.12. The molecule has 80 valence electrons. The van der Waals surface area contributed by atoms with Crippen molar-refractivity contribution in [2.45, 2.75) is 13.3 Å². The summed E-state index contributed by atoms with van der Waals surface area (Å²) >= 11 is 11.5. The van der Waals surface area contributed by atoms with Crippen LogP contribution in [-0.4, -0.2) is 12.1 Å². The Morgan fingerprint density at radius 2 is 2.27 bits per heavy atom. The molecule has 0 aliphatic rings. The Morgan fingerprint density at radius 1 is 1.53 bits per heavy atom. The van der Waals surface area contributed by atoms with Crippen LogP contribution in [0.25, 0.3) is 0 Å². The topological polar surface area (TPSA) is 41.5 Å². The molecule has 0 radical (unpaired) electrons. The summed E-state index contributed by atoms with van der Waals surface area (Å²) in [5.74, 6) is -0.346. The maximum Gasteiger partial charge on any atom is 0.272 e. The normalized spacial score (nSPS) is 10.6. The number of carbonyl (C=O) groups is 1. The van der Waals surface area contributed by atoms with Crippen molar-refractivity contribution in [1.29, 1.82) is 0 Å². The average molecular weight is 245 g/mol. The van der Waals surface area contributed by atoms with Crippen LogP contribution in [0.5, 0.6) is 0 Å². The van der Waals surface area contributed by atoms with Gasteiger partial charge in [0.05, 0.1) is 10.6 Å². The summed E-state index contributed by atoms with van der Waals surface area (Å²) in [6.07, 6.45) is 2.36. The molecule has 1 N–H and O–H groups in total. The quantitative estimate of drug-likeness (QED) is 0.645. The Labute approximate surface area is 98.1 Å². The fourth-order valence-electron chi connectivity index (χ4n) is 0.929. The van der Waals surface area contributed by atoms with Gasteiger partial charge >= 0.3 is 0 Å². The lowest BCUT2D eigenvalue weighted by Crippen LogP contribution is -2.17. The highest BCUT2D eigenvalue weighted by molar-refractivity contribution is 6.36. The summed E-state index contributed by atoms with van der Waals surface area (Å²) in [5.41, 5.74) is 2.72. The van der Waals surface area contributed by atoms with Crippen LogP contribution in [0.4, 0.5) is 0 Å². The third-order valence-corrected chi connectivity index (χ3v) is 2.16. The molecule has 0 fully saturated rings. The highest BCUT2D eigenvalue weighted by Crippen LogP contribution is 2.20. The van der Waals surface area contributed by atoms with Gasteiger partial charge in [0.2, 0.25) is 0 Å². The molecule has 0 heterocycles. The minimum atomic E-state index is -0.346. The zero-order valence-corrected chi connectivity index (χ0v) is 9.64. The SMILES string of the molecule is CCC=NNC(=O)c1ccc(Cl)cc1Cl. The van der Waals surface area contributed by atoms with Gasteiger partial charge in [0, 0.05) is 11.2 Å². The molecule has 0 saturated heterocycles. The molecule has 3 nitrogen and oxygen atoms in total. The molecule has 1 aromatic rings. The molecular formula is C10H10Cl2N2O. The lowest BCUT2D eigenvalue weighted by Gasteiger charge is -2.02. The zero-order chi connectivity index (χ0) is 11.3. The molecule has 1 rings (SSSR count). The number of nitrogens with zero attached hydrogens (tertiary/aromatic N) is 1. The van der Waals surface area contributed by atoms with Gasteiger partial charge in [0.15, 0.2) is 0 Å². The lowest BCUT2D eigenvalue weighted by molar-refractivity contribution is 0.0955. The van der Waals surface area contributed by atoms with Crippen molar-refractivity contribution < 1.29 is 4.79 Å². The van der Waals surface area contributed by atoms with Gasteiger partial charge in [-0.2, -0.15) is 5.10 Å². The molecule has 0 aliphatic heterocycles. The average Bonchev–Trinajstić information content (AvgIpc) is 2.17. The highest BCUT2D eigenvalue weighted by atomic mass is 35.5. The summed E-state index contributed by atoms with van der Waals surface area (Å²) in [5, 5.41) is 4.52. The van der Waals surface area contributed by atoms with Crippen LogP contribution in [0.15, 0.2) is 23.3 Å². The summed E-state index contributed by atoms with van der Waals surface area (Å²) in [4.78, 5) is 11.5. The first-order valence-corrected chi connectivity index (χ1v) is 5.17. The van der Waals surface area contributed by atoms with E-state index in [4.69, 9.17) is 23.2 Å². The second-order valence-corrected chi connectivity index (χ2v) is 3.63. The third kappa shape index (κ3) is 3.53. The summed E-state index contributed by atoms with van der Waals surface area (Å²) < 4.78 is 0. The van der Waals surface area contributed by atoms with E-state index >= 15 is 0 Å². The number of hydrogen-bond donors (Lipinski definition) is 1. The van der Waals surface area contributed by atoms with Crippen LogP contribution in [-0.2, 0) is 0 Å². The Balaban J connectivity index is 2.78. The fourth-order valence-corrected chi connectivity index (χ4v) is 1.42. The first kappa shape index (κ1) is 12.0. The number of hydrazone groups is 1. The smallest absolute Gasteiger partial charge is 0.267 e. The molecule has 1 aromatic carbocycles.